The maximum Gasteiger partial charge on any atom is 0.225 e. The molecule has 128 valence electrons. The van der Waals surface area contributed by atoms with E-state index in [4.69, 9.17) is 0 Å². The van der Waals surface area contributed by atoms with Gasteiger partial charge in [-0.15, -0.1) is 0 Å². The van der Waals surface area contributed by atoms with Crippen LogP contribution >= 0.6 is 0 Å². The lowest BCUT2D eigenvalue weighted by atomic mass is 10.1. The standard InChI is InChI=1S/C17H34N4O/c1-15(2)17(22)21-13-9-19(10-14-21)6-5-18-7-11-20(12-8-18)16(3)4/h15-16H,5-14H2,1-4H3. The Kier molecular flexibility index (Phi) is 6.66. The second kappa shape index (κ2) is 8.27. The molecule has 5 nitrogen and oxygen atoms in total. The Morgan fingerprint density at radius 3 is 1.64 bits per heavy atom. The zero-order valence-electron chi connectivity index (χ0n) is 14.9. The minimum Gasteiger partial charge on any atom is -0.340 e. The molecule has 2 saturated heterocycles. The molecule has 0 bridgehead atoms. The summed E-state index contributed by atoms with van der Waals surface area (Å²) in [7, 11) is 0. The molecule has 22 heavy (non-hydrogen) atoms. The van der Waals surface area contributed by atoms with Crippen LogP contribution in [0.3, 0.4) is 0 Å². The van der Waals surface area contributed by atoms with Gasteiger partial charge in [0, 0.05) is 77.4 Å². The van der Waals surface area contributed by atoms with Crippen LogP contribution in [0.5, 0.6) is 0 Å². The lowest BCUT2D eigenvalue weighted by Crippen LogP contribution is -2.53. The minimum absolute atomic E-state index is 0.129. The van der Waals surface area contributed by atoms with E-state index in [0.717, 1.165) is 32.7 Å². The molecular formula is C17H34N4O. The fourth-order valence-corrected chi connectivity index (χ4v) is 3.34. The molecule has 0 atom stereocenters. The Labute approximate surface area is 136 Å². The molecular weight excluding hydrogens is 276 g/mol. The number of piperazine rings is 2. The van der Waals surface area contributed by atoms with Gasteiger partial charge in [-0.3, -0.25) is 19.5 Å². The molecule has 1 amide bonds. The molecule has 0 radical (unpaired) electrons. The van der Waals surface area contributed by atoms with E-state index in [0.29, 0.717) is 11.9 Å². The number of amides is 1. The third kappa shape index (κ3) is 4.93. The van der Waals surface area contributed by atoms with E-state index >= 15 is 0 Å². The smallest absolute Gasteiger partial charge is 0.225 e. The number of hydrogen-bond acceptors (Lipinski definition) is 4. The highest BCUT2D eigenvalue weighted by molar-refractivity contribution is 5.78. The highest BCUT2D eigenvalue weighted by Crippen LogP contribution is 2.09. The molecule has 2 aliphatic heterocycles. The maximum atomic E-state index is 12.0. The lowest BCUT2D eigenvalue weighted by molar-refractivity contribution is -0.136. The topological polar surface area (TPSA) is 30.0 Å². The number of carbonyl (C=O) groups is 1. The first-order valence-corrected chi connectivity index (χ1v) is 8.95. The summed E-state index contributed by atoms with van der Waals surface area (Å²) in [6.45, 7) is 19.5. The van der Waals surface area contributed by atoms with Crippen LogP contribution in [0.1, 0.15) is 27.7 Å². The number of hydrogen-bond donors (Lipinski definition) is 0. The van der Waals surface area contributed by atoms with Crippen LogP contribution in [0.4, 0.5) is 0 Å². The first kappa shape index (κ1) is 17.7. The van der Waals surface area contributed by atoms with Crippen molar-refractivity contribution in [1.82, 2.24) is 19.6 Å². The summed E-state index contributed by atoms with van der Waals surface area (Å²) in [5, 5.41) is 0. The lowest BCUT2D eigenvalue weighted by Gasteiger charge is -2.39. The predicted octanol–water partition coefficient (Wildman–Crippen LogP) is 0.813. The molecule has 0 unspecified atom stereocenters. The molecule has 2 heterocycles. The van der Waals surface area contributed by atoms with Crippen molar-refractivity contribution in [2.75, 3.05) is 65.4 Å². The van der Waals surface area contributed by atoms with Crippen LogP contribution in [-0.2, 0) is 4.79 Å². The predicted molar refractivity (Wildman–Crippen MR) is 91.0 cm³/mol. The molecule has 0 N–H and O–H groups in total. The van der Waals surface area contributed by atoms with Gasteiger partial charge in [0.1, 0.15) is 0 Å². The van der Waals surface area contributed by atoms with E-state index in [1.807, 2.05) is 18.7 Å². The van der Waals surface area contributed by atoms with Crippen molar-refractivity contribution in [2.45, 2.75) is 33.7 Å². The largest absolute Gasteiger partial charge is 0.340 e. The molecule has 0 saturated carbocycles. The summed E-state index contributed by atoms with van der Waals surface area (Å²) in [4.78, 5) is 21.7. The normalized spacial score (nSPS) is 22.7. The van der Waals surface area contributed by atoms with Gasteiger partial charge in [-0.05, 0) is 13.8 Å². The fraction of sp³-hybridized carbons (Fsp3) is 0.941. The molecule has 0 aromatic carbocycles. The van der Waals surface area contributed by atoms with Gasteiger partial charge in [-0.2, -0.15) is 0 Å². The Morgan fingerprint density at radius 1 is 0.773 bits per heavy atom. The van der Waals surface area contributed by atoms with E-state index in [-0.39, 0.29) is 5.92 Å². The number of nitrogens with zero attached hydrogens (tertiary/aromatic N) is 4. The van der Waals surface area contributed by atoms with Crippen LogP contribution in [0.2, 0.25) is 0 Å². The summed E-state index contributed by atoms with van der Waals surface area (Å²) in [5.74, 6) is 0.438. The van der Waals surface area contributed by atoms with Crippen LogP contribution < -0.4 is 0 Å². The van der Waals surface area contributed by atoms with E-state index in [2.05, 4.69) is 28.5 Å². The molecule has 5 heteroatoms. The Hall–Kier alpha value is -0.650. The van der Waals surface area contributed by atoms with E-state index in [1.165, 1.54) is 32.7 Å². The average molecular weight is 310 g/mol. The molecule has 2 rings (SSSR count). The number of rotatable bonds is 5. The quantitative estimate of drug-likeness (QED) is 0.752. The molecule has 2 fully saturated rings. The average Bonchev–Trinajstić information content (AvgIpc) is 2.53. The summed E-state index contributed by atoms with van der Waals surface area (Å²) >= 11 is 0. The number of carbonyl (C=O) groups excluding carboxylic acids is 1. The highest BCUT2D eigenvalue weighted by atomic mass is 16.2. The highest BCUT2D eigenvalue weighted by Gasteiger charge is 2.24. The van der Waals surface area contributed by atoms with Crippen LogP contribution in [0, 0.1) is 5.92 Å². The van der Waals surface area contributed by atoms with Crippen molar-refractivity contribution in [2.24, 2.45) is 5.92 Å². The van der Waals surface area contributed by atoms with E-state index in [9.17, 15) is 4.79 Å². The fourth-order valence-electron chi connectivity index (χ4n) is 3.34. The monoisotopic (exact) mass is 310 g/mol. The maximum absolute atomic E-state index is 12.0. The van der Waals surface area contributed by atoms with Crippen LogP contribution in [0.25, 0.3) is 0 Å². The summed E-state index contributed by atoms with van der Waals surface area (Å²) < 4.78 is 0. The van der Waals surface area contributed by atoms with E-state index in [1.54, 1.807) is 0 Å². The third-order valence-electron chi connectivity index (χ3n) is 5.05. The second-order valence-electron chi connectivity index (χ2n) is 7.29. The summed E-state index contributed by atoms with van der Waals surface area (Å²) in [6.07, 6.45) is 0. The van der Waals surface area contributed by atoms with Crippen molar-refractivity contribution >= 4 is 5.91 Å². The van der Waals surface area contributed by atoms with Gasteiger partial charge < -0.3 is 4.90 Å². The summed E-state index contributed by atoms with van der Waals surface area (Å²) in [6, 6.07) is 0.675. The van der Waals surface area contributed by atoms with Crippen molar-refractivity contribution in [3.05, 3.63) is 0 Å². The van der Waals surface area contributed by atoms with Gasteiger partial charge in [0.25, 0.3) is 0 Å². The van der Waals surface area contributed by atoms with Gasteiger partial charge in [0.2, 0.25) is 5.91 Å². The molecule has 2 aliphatic rings. The SMILES string of the molecule is CC(C)C(=O)N1CCN(CCN2CCN(C(C)C)CC2)CC1. The molecule has 0 aromatic heterocycles. The summed E-state index contributed by atoms with van der Waals surface area (Å²) in [5.41, 5.74) is 0. The Morgan fingerprint density at radius 2 is 1.23 bits per heavy atom. The molecule has 0 aromatic rings. The van der Waals surface area contributed by atoms with Gasteiger partial charge in [-0.25, -0.2) is 0 Å². The molecule has 0 aliphatic carbocycles. The minimum atomic E-state index is 0.129. The first-order chi connectivity index (χ1) is 10.5. The third-order valence-corrected chi connectivity index (χ3v) is 5.05. The van der Waals surface area contributed by atoms with Gasteiger partial charge >= 0.3 is 0 Å². The van der Waals surface area contributed by atoms with Crippen molar-refractivity contribution in [3.63, 3.8) is 0 Å². The molecule has 0 spiro atoms. The van der Waals surface area contributed by atoms with Crippen molar-refractivity contribution in [3.8, 4) is 0 Å². The van der Waals surface area contributed by atoms with Gasteiger partial charge in [-0.1, -0.05) is 13.8 Å². The Bertz CT molecular complexity index is 343. The van der Waals surface area contributed by atoms with Crippen molar-refractivity contribution < 1.29 is 4.79 Å². The van der Waals surface area contributed by atoms with E-state index < -0.39 is 0 Å². The van der Waals surface area contributed by atoms with Gasteiger partial charge in [0.05, 0.1) is 0 Å². The zero-order valence-corrected chi connectivity index (χ0v) is 14.9. The van der Waals surface area contributed by atoms with Crippen LogP contribution in [-0.4, -0.2) is 97.0 Å². The van der Waals surface area contributed by atoms with Crippen molar-refractivity contribution in [1.29, 1.82) is 0 Å². The van der Waals surface area contributed by atoms with Crippen LogP contribution in [0.15, 0.2) is 0 Å². The second-order valence-corrected chi connectivity index (χ2v) is 7.29. The Balaban J connectivity index is 1.62. The zero-order chi connectivity index (χ0) is 16.1. The first-order valence-electron chi connectivity index (χ1n) is 8.95. The van der Waals surface area contributed by atoms with Gasteiger partial charge in [0.15, 0.2) is 0 Å².